The number of rotatable bonds is 6. The molecule has 0 saturated heterocycles. The Bertz CT molecular complexity index is 537. The number of hydrogen-bond acceptors (Lipinski definition) is 4. The first-order chi connectivity index (χ1) is 9.24. The van der Waals surface area contributed by atoms with Crippen LogP contribution < -0.4 is 10.1 Å². The third-order valence-electron chi connectivity index (χ3n) is 3.11. The molecule has 0 radical (unpaired) electrons. The van der Waals surface area contributed by atoms with Gasteiger partial charge in [-0.05, 0) is 41.6 Å². The molecule has 0 atom stereocenters. The molecule has 1 aromatic carbocycles. The van der Waals surface area contributed by atoms with Crippen molar-refractivity contribution in [3.05, 3.63) is 45.6 Å². The Morgan fingerprint density at radius 1 is 1.21 bits per heavy atom. The highest BCUT2D eigenvalue weighted by Gasteiger charge is 2.05. The second-order valence-corrected chi connectivity index (χ2v) is 5.32. The molecular weight excluding hydrogens is 258 g/mol. The number of aryl methyl sites for hydroxylation is 1. The summed E-state index contributed by atoms with van der Waals surface area (Å²) in [7, 11) is 1.63. The van der Waals surface area contributed by atoms with E-state index in [4.69, 9.17) is 4.74 Å². The average molecular weight is 277 g/mol. The van der Waals surface area contributed by atoms with Crippen LogP contribution in [0.5, 0.6) is 11.5 Å². The van der Waals surface area contributed by atoms with Crippen LogP contribution in [0.2, 0.25) is 0 Å². The second kappa shape index (κ2) is 6.59. The van der Waals surface area contributed by atoms with Crippen molar-refractivity contribution >= 4 is 11.3 Å². The van der Waals surface area contributed by atoms with E-state index in [2.05, 4.69) is 23.7 Å². The molecule has 0 amide bonds. The first kappa shape index (κ1) is 13.9. The van der Waals surface area contributed by atoms with Gasteiger partial charge in [-0.1, -0.05) is 6.92 Å². The SMILES string of the molecule is CCc1ccsc1CNCc1cc(OC)ccc1O. The van der Waals surface area contributed by atoms with Gasteiger partial charge in [-0.25, -0.2) is 0 Å². The highest BCUT2D eigenvalue weighted by molar-refractivity contribution is 7.10. The fraction of sp³-hybridized carbons (Fsp3) is 0.333. The molecule has 0 aliphatic heterocycles. The molecule has 19 heavy (non-hydrogen) atoms. The summed E-state index contributed by atoms with van der Waals surface area (Å²) in [6, 6.07) is 7.45. The van der Waals surface area contributed by atoms with Gasteiger partial charge in [0.1, 0.15) is 11.5 Å². The monoisotopic (exact) mass is 277 g/mol. The van der Waals surface area contributed by atoms with E-state index >= 15 is 0 Å². The van der Waals surface area contributed by atoms with Crippen LogP contribution >= 0.6 is 11.3 Å². The van der Waals surface area contributed by atoms with Crippen LogP contribution in [0.3, 0.4) is 0 Å². The molecule has 4 heteroatoms. The van der Waals surface area contributed by atoms with Crippen molar-refractivity contribution in [3.8, 4) is 11.5 Å². The fourth-order valence-corrected chi connectivity index (χ4v) is 2.92. The maximum absolute atomic E-state index is 9.80. The number of benzene rings is 1. The predicted molar refractivity (Wildman–Crippen MR) is 78.9 cm³/mol. The molecule has 0 saturated carbocycles. The largest absolute Gasteiger partial charge is 0.508 e. The standard InChI is InChI=1S/C15H19NO2S/c1-3-11-6-7-19-15(11)10-16-9-12-8-13(18-2)4-5-14(12)17/h4-8,16-17H,3,9-10H2,1-2H3. The van der Waals surface area contributed by atoms with Crippen LogP contribution in [-0.2, 0) is 19.5 Å². The lowest BCUT2D eigenvalue weighted by Crippen LogP contribution is -2.12. The third-order valence-corrected chi connectivity index (χ3v) is 4.07. The number of thiophene rings is 1. The van der Waals surface area contributed by atoms with Gasteiger partial charge in [0.2, 0.25) is 0 Å². The Labute approximate surface area is 117 Å². The highest BCUT2D eigenvalue weighted by Crippen LogP contribution is 2.23. The van der Waals surface area contributed by atoms with E-state index in [0.29, 0.717) is 12.3 Å². The van der Waals surface area contributed by atoms with Crippen LogP contribution in [0.4, 0.5) is 0 Å². The summed E-state index contributed by atoms with van der Waals surface area (Å²) < 4.78 is 5.16. The van der Waals surface area contributed by atoms with E-state index in [1.165, 1.54) is 10.4 Å². The molecule has 3 nitrogen and oxygen atoms in total. The number of phenols is 1. The molecule has 2 aromatic rings. The molecule has 2 N–H and O–H groups in total. The maximum atomic E-state index is 9.80. The molecule has 0 unspecified atom stereocenters. The lowest BCUT2D eigenvalue weighted by molar-refractivity contribution is 0.410. The molecule has 0 fully saturated rings. The minimum Gasteiger partial charge on any atom is -0.508 e. The summed E-state index contributed by atoms with van der Waals surface area (Å²) in [5.41, 5.74) is 2.25. The van der Waals surface area contributed by atoms with Crippen LogP contribution in [-0.4, -0.2) is 12.2 Å². The van der Waals surface area contributed by atoms with Crippen molar-refractivity contribution in [2.75, 3.05) is 7.11 Å². The van der Waals surface area contributed by atoms with Crippen LogP contribution in [0.1, 0.15) is 22.9 Å². The van der Waals surface area contributed by atoms with Crippen molar-refractivity contribution in [2.24, 2.45) is 0 Å². The Morgan fingerprint density at radius 2 is 2.05 bits per heavy atom. The minimum atomic E-state index is 0.301. The summed E-state index contributed by atoms with van der Waals surface area (Å²) >= 11 is 1.77. The van der Waals surface area contributed by atoms with E-state index in [1.54, 1.807) is 30.6 Å². The summed E-state index contributed by atoms with van der Waals surface area (Å²) in [5.74, 6) is 1.06. The minimum absolute atomic E-state index is 0.301. The lowest BCUT2D eigenvalue weighted by atomic mass is 10.1. The number of ether oxygens (including phenoxy) is 1. The molecule has 1 heterocycles. The number of methoxy groups -OCH3 is 1. The average Bonchev–Trinajstić information content (AvgIpc) is 2.88. The summed E-state index contributed by atoms with van der Waals surface area (Å²) in [6.45, 7) is 3.63. The van der Waals surface area contributed by atoms with Gasteiger partial charge in [-0.3, -0.25) is 0 Å². The van der Waals surface area contributed by atoms with Gasteiger partial charge >= 0.3 is 0 Å². The van der Waals surface area contributed by atoms with Crippen molar-refractivity contribution in [1.82, 2.24) is 5.32 Å². The summed E-state index contributed by atoms with van der Waals surface area (Å²) in [4.78, 5) is 1.37. The number of phenolic OH excluding ortho intramolecular Hbond substituents is 1. The third kappa shape index (κ3) is 3.49. The van der Waals surface area contributed by atoms with Gasteiger partial charge in [0.05, 0.1) is 7.11 Å². The lowest BCUT2D eigenvalue weighted by Gasteiger charge is -2.09. The van der Waals surface area contributed by atoms with E-state index < -0.39 is 0 Å². The molecule has 2 rings (SSSR count). The Hall–Kier alpha value is -1.52. The van der Waals surface area contributed by atoms with Gasteiger partial charge in [0, 0.05) is 23.5 Å². The van der Waals surface area contributed by atoms with E-state index in [1.807, 2.05) is 6.07 Å². The predicted octanol–water partition coefficient (Wildman–Crippen LogP) is 3.31. The maximum Gasteiger partial charge on any atom is 0.120 e. The van der Waals surface area contributed by atoms with Gasteiger partial charge in [-0.2, -0.15) is 0 Å². The molecular formula is C15H19NO2S. The van der Waals surface area contributed by atoms with Crippen LogP contribution in [0.25, 0.3) is 0 Å². The Kier molecular flexibility index (Phi) is 4.82. The number of hydrogen-bond donors (Lipinski definition) is 2. The molecule has 0 aliphatic rings. The van der Waals surface area contributed by atoms with E-state index in [9.17, 15) is 5.11 Å². The van der Waals surface area contributed by atoms with Gasteiger partial charge < -0.3 is 15.2 Å². The number of aromatic hydroxyl groups is 1. The van der Waals surface area contributed by atoms with Crippen molar-refractivity contribution in [3.63, 3.8) is 0 Å². The molecule has 102 valence electrons. The Balaban J connectivity index is 1.95. The normalized spacial score (nSPS) is 10.6. The molecule has 0 bridgehead atoms. The topological polar surface area (TPSA) is 41.5 Å². The fourth-order valence-electron chi connectivity index (χ4n) is 1.98. The van der Waals surface area contributed by atoms with Gasteiger partial charge in [0.25, 0.3) is 0 Å². The zero-order valence-corrected chi connectivity index (χ0v) is 12.1. The van der Waals surface area contributed by atoms with E-state index in [0.717, 1.165) is 24.3 Å². The summed E-state index contributed by atoms with van der Waals surface area (Å²) in [6.07, 6.45) is 1.06. The van der Waals surface area contributed by atoms with Crippen LogP contribution in [0.15, 0.2) is 29.6 Å². The van der Waals surface area contributed by atoms with Crippen LogP contribution in [0, 0.1) is 0 Å². The number of nitrogens with one attached hydrogen (secondary N) is 1. The first-order valence-corrected chi connectivity index (χ1v) is 7.24. The quantitative estimate of drug-likeness (QED) is 0.851. The first-order valence-electron chi connectivity index (χ1n) is 6.36. The van der Waals surface area contributed by atoms with Gasteiger partial charge in [-0.15, -0.1) is 11.3 Å². The zero-order valence-electron chi connectivity index (χ0n) is 11.3. The molecule has 1 aromatic heterocycles. The Morgan fingerprint density at radius 3 is 2.79 bits per heavy atom. The molecule has 0 aliphatic carbocycles. The summed E-state index contributed by atoms with van der Waals surface area (Å²) in [5, 5.41) is 15.3. The van der Waals surface area contributed by atoms with Gasteiger partial charge in [0.15, 0.2) is 0 Å². The second-order valence-electron chi connectivity index (χ2n) is 4.32. The van der Waals surface area contributed by atoms with Crippen molar-refractivity contribution in [2.45, 2.75) is 26.4 Å². The van der Waals surface area contributed by atoms with Crippen molar-refractivity contribution < 1.29 is 9.84 Å². The van der Waals surface area contributed by atoms with E-state index in [-0.39, 0.29) is 0 Å². The van der Waals surface area contributed by atoms with Crippen molar-refractivity contribution in [1.29, 1.82) is 0 Å². The highest BCUT2D eigenvalue weighted by atomic mass is 32.1. The smallest absolute Gasteiger partial charge is 0.120 e. The molecule has 0 spiro atoms. The zero-order chi connectivity index (χ0) is 13.7.